The Kier molecular flexibility index (Phi) is 4.92. The smallest absolute Gasteiger partial charge is 0.291 e. The van der Waals surface area contributed by atoms with Crippen LogP contribution < -0.4 is 10.6 Å². The normalized spacial score (nSPS) is 11.1. The van der Waals surface area contributed by atoms with E-state index in [9.17, 15) is 4.79 Å². The lowest BCUT2D eigenvalue weighted by Gasteiger charge is -2.09. The first-order valence-corrected chi connectivity index (χ1v) is 11.2. The minimum Gasteiger partial charge on any atom is -0.291 e. The third kappa shape index (κ3) is 3.43. The number of imidazole rings is 1. The third-order valence-corrected chi connectivity index (χ3v) is 6.15. The molecule has 30 heavy (non-hydrogen) atoms. The summed E-state index contributed by atoms with van der Waals surface area (Å²) in [6.45, 7) is 0. The zero-order valence-corrected chi connectivity index (χ0v) is 18.2. The van der Waals surface area contributed by atoms with Gasteiger partial charge in [0, 0.05) is 22.3 Å². The monoisotopic (exact) mass is 531 g/mol. The van der Waals surface area contributed by atoms with E-state index in [1.54, 1.807) is 18.6 Å². The first-order chi connectivity index (χ1) is 14.7. The zero-order valence-electron chi connectivity index (χ0n) is 15.3. The molecule has 0 unspecified atom stereocenters. The van der Waals surface area contributed by atoms with Crippen molar-refractivity contribution >= 4 is 61.3 Å². The van der Waals surface area contributed by atoms with Crippen LogP contribution in [0, 0.1) is 0 Å². The fourth-order valence-corrected chi connectivity index (χ4v) is 4.61. The number of H-pyrrole nitrogens is 2. The van der Waals surface area contributed by atoms with Crippen LogP contribution in [0.2, 0.25) is 0 Å². The molecule has 12 heteroatoms. The van der Waals surface area contributed by atoms with E-state index in [0.717, 1.165) is 20.4 Å². The van der Waals surface area contributed by atoms with E-state index in [2.05, 4.69) is 75.7 Å². The minimum atomic E-state index is -0.424. The van der Waals surface area contributed by atoms with Crippen molar-refractivity contribution in [2.24, 2.45) is 0 Å². The standard InChI is InChI=1S/C18H14IN9OS/c19-7-10-3-1-2-4-11(10)12-8-20-9-28(12)16-14-15(26-27-16)23-18(30-14)24-17(29)22-13-5-6-21-25-13/h1-6,8-9H,7H2,(H4,21,22,23,24,25,26,27,29). The molecule has 10 nitrogen and oxygen atoms in total. The molecular weight excluding hydrogens is 517 g/mol. The number of carbonyl (C=O) groups excluding carboxylic acids is 1. The SMILES string of the molecule is O=C(Nc1cc[nH]n1)Nc1nc2[nH]nc(-n3cncc3-c3ccccc3CI)c2s1. The number of carbonyl (C=O) groups is 1. The number of thiazole rings is 1. The highest BCUT2D eigenvalue weighted by atomic mass is 127. The van der Waals surface area contributed by atoms with Crippen LogP contribution in [0.4, 0.5) is 15.7 Å². The van der Waals surface area contributed by atoms with E-state index in [1.165, 1.54) is 16.9 Å². The summed E-state index contributed by atoms with van der Waals surface area (Å²) in [5.41, 5.74) is 3.84. The van der Waals surface area contributed by atoms with Gasteiger partial charge in [0.05, 0.1) is 11.9 Å². The van der Waals surface area contributed by atoms with Gasteiger partial charge in [-0.05, 0) is 5.56 Å². The molecule has 0 fully saturated rings. The number of aromatic amines is 2. The number of rotatable bonds is 5. The Morgan fingerprint density at radius 3 is 2.93 bits per heavy atom. The summed E-state index contributed by atoms with van der Waals surface area (Å²) < 4.78 is 3.63. The van der Waals surface area contributed by atoms with Crippen LogP contribution in [-0.2, 0) is 4.43 Å². The Labute approximate surface area is 187 Å². The number of benzene rings is 1. The Balaban J connectivity index is 1.47. The average molecular weight is 531 g/mol. The summed E-state index contributed by atoms with van der Waals surface area (Å²) in [7, 11) is 0. The number of fused-ring (bicyclic) bond motifs is 1. The summed E-state index contributed by atoms with van der Waals surface area (Å²) in [5, 5.41) is 19.7. The Morgan fingerprint density at radius 1 is 1.20 bits per heavy atom. The van der Waals surface area contributed by atoms with Crippen molar-refractivity contribution in [1.29, 1.82) is 0 Å². The molecule has 0 aliphatic rings. The van der Waals surface area contributed by atoms with E-state index in [-0.39, 0.29) is 0 Å². The van der Waals surface area contributed by atoms with Crippen LogP contribution in [0.3, 0.4) is 0 Å². The van der Waals surface area contributed by atoms with E-state index < -0.39 is 6.03 Å². The zero-order chi connectivity index (χ0) is 20.5. The number of aromatic nitrogens is 7. The average Bonchev–Trinajstić information content (AvgIpc) is 3.52. The highest BCUT2D eigenvalue weighted by Crippen LogP contribution is 2.33. The van der Waals surface area contributed by atoms with Gasteiger partial charge < -0.3 is 0 Å². The second-order valence-electron chi connectivity index (χ2n) is 6.22. The van der Waals surface area contributed by atoms with Crippen molar-refractivity contribution in [3.63, 3.8) is 0 Å². The largest absolute Gasteiger partial charge is 0.326 e. The summed E-state index contributed by atoms with van der Waals surface area (Å²) in [6, 6.07) is 9.44. The highest BCUT2D eigenvalue weighted by Gasteiger charge is 2.18. The maximum absolute atomic E-state index is 12.2. The Morgan fingerprint density at radius 2 is 2.10 bits per heavy atom. The fourth-order valence-electron chi connectivity index (χ4n) is 3.05. The van der Waals surface area contributed by atoms with Gasteiger partial charge in [-0.15, -0.1) is 0 Å². The first-order valence-electron chi connectivity index (χ1n) is 8.82. The van der Waals surface area contributed by atoms with Gasteiger partial charge in [-0.2, -0.15) is 10.2 Å². The molecule has 4 N–H and O–H groups in total. The fraction of sp³-hybridized carbons (Fsp3) is 0.0556. The number of alkyl halides is 1. The van der Waals surface area contributed by atoms with Crippen LogP contribution in [0.25, 0.3) is 27.4 Å². The number of hydrogen-bond acceptors (Lipinski definition) is 6. The van der Waals surface area contributed by atoms with Crippen LogP contribution in [0.1, 0.15) is 5.56 Å². The predicted octanol–water partition coefficient (Wildman–Crippen LogP) is 4.17. The van der Waals surface area contributed by atoms with Gasteiger partial charge in [-0.1, -0.05) is 58.2 Å². The third-order valence-electron chi connectivity index (χ3n) is 4.36. The van der Waals surface area contributed by atoms with Crippen LogP contribution in [0.5, 0.6) is 0 Å². The number of urea groups is 1. The molecule has 4 aromatic heterocycles. The molecule has 0 bridgehead atoms. The van der Waals surface area contributed by atoms with Crippen molar-refractivity contribution in [2.75, 3.05) is 10.6 Å². The first kappa shape index (κ1) is 18.7. The summed E-state index contributed by atoms with van der Waals surface area (Å²) in [4.78, 5) is 20.9. The number of nitrogens with one attached hydrogen (secondary N) is 4. The van der Waals surface area contributed by atoms with Crippen LogP contribution in [-0.4, -0.2) is 41.0 Å². The van der Waals surface area contributed by atoms with Gasteiger partial charge in [0.1, 0.15) is 11.0 Å². The molecule has 5 aromatic rings. The van der Waals surface area contributed by atoms with Gasteiger partial charge in [0.25, 0.3) is 0 Å². The van der Waals surface area contributed by atoms with Crippen molar-refractivity contribution in [3.05, 3.63) is 54.6 Å². The second kappa shape index (κ2) is 7.87. The van der Waals surface area contributed by atoms with E-state index >= 15 is 0 Å². The molecule has 5 rings (SSSR count). The van der Waals surface area contributed by atoms with Crippen molar-refractivity contribution < 1.29 is 4.79 Å². The maximum atomic E-state index is 12.2. The van der Waals surface area contributed by atoms with Gasteiger partial charge >= 0.3 is 6.03 Å². The molecular formula is C18H14IN9OS. The molecule has 4 heterocycles. The van der Waals surface area contributed by atoms with Gasteiger partial charge in [0.15, 0.2) is 22.4 Å². The quantitative estimate of drug-likeness (QED) is 0.200. The molecule has 0 radical (unpaired) electrons. The molecule has 0 aliphatic carbocycles. The van der Waals surface area contributed by atoms with E-state index in [0.29, 0.717) is 22.4 Å². The summed E-state index contributed by atoms with van der Waals surface area (Å²) >= 11 is 3.68. The van der Waals surface area contributed by atoms with Crippen molar-refractivity contribution in [2.45, 2.75) is 4.43 Å². The van der Waals surface area contributed by atoms with Gasteiger partial charge in [0.2, 0.25) is 0 Å². The number of halogens is 1. The highest BCUT2D eigenvalue weighted by molar-refractivity contribution is 14.1. The molecule has 2 amide bonds. The van der Waals surface area contributed by atoms with Crippen molar-refractivity contribution in [3.8, 4) is 17.1 Å². The molecule has 1 aromatic carbocycles. The molecule has 0 saturated carbocycles. The molecule has 0 aliphatic heterocycles. The number of amides is 2. The minimum absolute atomic E-state index is 0.424. The van der Waals surface area contributed by atoms with Crippen LogP contribution in [0.15, 0.2) is 49.1 Å². The number of nitrogens with zero attached hydrogens (tertiary/aromatic N) is 5. The molecule has 0 saturated heterocycles. The lowest BCUT2D eigenvalue weighted by Crippen LogP contribution is -2.19. The van der Waals surface area contributed by atoms with Gasteiger partial charge in [-0.3, -0.25) is 25.4 Å². The van der Waals surface area contributed by atoms with Crippen LogP contribution >= 0.6 is 33.9 Å². The topological polar surface area (TPSA) is 129 Å². The summed E-state index contributed by atoms with van der Waals surface area (Å²) in [6.07, 6.45) is 5.17. The van der Waals surface area contributed by atoms with Crippen molar-refractivity contribution in [1.82, 2.24) is 34.9 Å². The van der Waals surface area contributed by atoms with E-state index in [1.807, 2.05) is 22.9 Å². The summed E-state index contributed by atoms with van der Waals surface area (Å²) in [5.74, 6) is 1.10. The number of hydrogen-bond donors (Lipinski definition) is 4. The lowest BCUT2D eigenvalue weighted by atomic mass is 10.1. The lowest BCUT2D eigenvalue weighted by molar-refractivity contribution is 0.262. The van der Waals surface area contributed by atoms with E-state index in [4.69, 9.17) is 0 Å². The van der Waals surface area contributed by atoms with Gasteiger partial charge in [-0.25, -0.2) is 14.8 Å². The second-order valence-corrected chi connectivity index (χ2v) is 7.98. The maximum Gasteiger partial charge on any atom is 0.326 e. The molecule has 0 spiro atoms. The Hall–Kier alpha value is -3.26. The predicted molar refractivity (Wildman–Crippen MR) is 123 cm³/mol. The Bertz CT molecular complexity index is 1320. The molecule has 150 valence electrons. The molecule has 0 atom stereocenters. The number of anilines is 2.